The highest BCUT2D eigenvalue weighted by atomic mass is 28.3. The summed E-state index contributed by atoms with van der Waals surface area (Å²) < 4.78 is 0. The van der Waals surface area contributed by atoms with Crippen molar-refractivity contribution in [1.29, 1.82) is 0 Å². The molecule has 1 aliphatic rings. The van der Waals surface area contributed by atoms with Crippen LogP contribution < -0.4 is 15.7 Å². The molecule has 1 aliphatic heterocycles. The van der Waals surface area contributed by atoms with E-state index >= 15 is 0 Å². The maximum absolute atomic E-state index is 5.44. The lowest BCUT2D eigenvalue weighted by Crippen LogP contribution is -2.54. The highest BCUT2D eigenvalue weighted by molar-refractivity contribution is 7.05. The third-order valence-corrected chi connectivity index (χ3v) is 13.3. The molecule has 38 heavy (non-hydrogen) atoms. The topological polar surface area (TPSA) is 37.8 Å². The molecule has 2 aromatic heterocycles. The first-order valence-corrected chi connectivity index (χ1v) is 16.1. The van der Waals surface area contributed by atoms with Crippen molar-refractivity contribution in [2.45, 2.75) is 38.8 Å². The zero-order valence-electron chi connectivity index (χ0n) is 22.1. The van der Waals surface area contributed by atoms with E-state index in [-0.39, 0.29) is 0 Å². The van der Waals surface area contributed by atoms with Crippen molar-refractivity contribution in [2.75, 3.05) is 5.32 Å². The number of pyridine rings is 2. The standard InChI is InChI=1S/C34H33N3Si/c1-3-22-38(23-4-2)31-18-11-17-30(36-27-14-6-5-7-15-27)33(31)34-32(38)20-19-29(37-34)26-13-10-12-25(24-26)28-16-8-9-21-35-28/h5-21,24,36H,3-4,22-23H2,1-2H3. The minimum absolute atomic E-state index is 0.979. The monoisotopic (exact) mass is 511 g/mol. The molecule has 0 unspecified atom stereocenters. The molecule has 0 radical (unpaired) electrons. The van der Waals surface area contributed by atoms with Crippen molar-refractivity contribution in [3.05, 3.63) is 109 Å². The zero-order chi connectivity index (χ0) is 26.0. The number of hydrogen-bond acceptors (Lipinski definition) is 3. The van der Waals surface area contributed by atoms with Crippen LogP contribution in [0.5, 0.6) is 0 Å². The van der Waals surface area contributed by atoms with Crippen LogP contribution in [0.15, 0.2) is 109 Å². The number of rotatable bonds is 8. The van der Waals surface area contributed by atoms with Crippen molar-refractivity contribution in [3.8, 4) is 33.8 Å². The molecule has 6 rings (SSSR count). The van der Waals surface area contributed by atoms with Gasteiger partial charge in [-0.3, -0.25) is 4.98 Å². The van der Waals surface area contributed by atoms with Crippen LogP contribution in [0.4, 0.5) is 11.4 Å². The Morgan fingerprint density at radius 2 is 1.39 bits per heavy atom. The van der Waals surface area contributed by atoms with Gasteiger partial charge in [-0.05, 0) is 64.9 Å². The van der Waals surface area contributed by atoms with E-state index in [0.29, 0.717) is 0 Å². The van der Waals surface area contributed by atoms with Gasteiger partial charge in [-0.15, -0.1) is 0 Å². The number of hydrogen-bond donors (Lipinski definition) is 1. The summed E-state index contributed by atoms with van der Waals surface area (Å²) >= 11 is 0. The van der Waals surface area contributed by atoms with E-state index in [9.17, 15) is 0 Å². The van der Waals surface area contributed by atoms with Gasteiger partial charge >= 0.3 is 0 Å². The van der Waals surface area contributed by atoms with Crippen LogP contribution in [-0.2, 0) is 0 Å². The summed E-state index contributed by atoms with van der Waals surface area (Å²) in [5.41, 5.74) is 8.97. The SMILES string of the molecule is CCC[Si]1(CCC)c2ccc(-c3cccc(-c4ccccn4)c3)nc2-c2c(Nc3ccccc3)cccc21. The lowest BCUT2D eigenvalue weighted by Gasteiger charge is -2.29. The average Bonchev–Trinajstić information content (AvgIpc) is 3.24. The molecule has 0 fully saturated rings. The van der Waals surface area contributed by atoms with Crippen LogP contribution in [0, 0.1) is 0 Å². The van der Waals surface area contributed by atoms with E-state index in [1.807, 2.05) is 18.3 Å². The Bertz CT molecular complexity index is 1560. The maximum Gasteiger partial charge on any atom is 0.121 e. The molecule has 0 aliphatic carbocycles. The fourth-order valence-electron chi connectivity index (χ4n) is 6.22. The summed E-state index contributed by atoms with van der Waals surface area (Å²) in [7, 11) is -1.92. The molecule has 0 bridgehead atoms. The first kappa shape index (κ1) is 24.3. The Morgan fingerprint density at radius 1 is 0.658 bits per heavy atom. The molecular weight excluding hydrogens is 478 g/mol. The molecule has 0 amide bonds. The molecule has 0 spiro atoms. The molecule has 4 heteroatoms. The lowest BCUT2D eigenvalue weighted by molar-refractivity contribution is 0.999. The summed E-state index contributed by atoms with van der Waals surface area (Å²) in [4.78, 5) is 10.00. The quantitative estimate of drug-likeness (QED) is 0.215. The van der Waals surface area contributed by atoms with Crippen molar-refractivity contribution < 1.29 is 0 Å². The molecule has 0 saturated heterocycles. The van der Waals surface area contributed by atoms with Gasteiger partial charge < -0.3 is 5.32 Å². The molecule has 0 atom stereocenters. The van der Waals surface area contributed by atoms with Gasteiger partial charge in [-0.25, -0.2) is 4.98 Å². The second-order valence-electron chi connectivity index (χ2n) is 10.2. The fraction of sp³-hybridized carbons (Fsp3) is 0.176. The van der Waals surface area contributed by atoms with Crippen molar-refractivity contribution in [2.24, 2.45) is 0 Å². The van der Waals surface area contributed by atoms with Crippen LogP contribution in [0.3, 0.4) is 0 Å². The smallest absolute Gasteiger partial charge is 0.121 e. The van der Waals surface area contributed by atoms with E-state index in [1.165, 1.54) is 41.4 Å². The van der Waals surface area contributed by atoms with Crippen LogP contribution in [0.2, 0.25) is 12.1 Å². The highest BCUT2D eigenvalue weighted by Crippen LogP contribution is 2.39. The number of aromatic nitrogens is 2. The largest absolute Gasteiger partial charge is 0.355 e. The predicted octanol–water partition coefficient (Wildman–Crippen LogP) is 7.92. The second-order valence-corrected chi connectivity index (χ2v) is 14.4. The first-order chi connectivity index (χ1) is 18.7. The van der Waals surface area contributed by atoms with Crippen molar-refractivity contribution in [3.63, 3.8) is 0 Å². The number of para-hydroxylation sites is 1. The molecular formula is C34H33N3Si. The Morgan fingerprint density at radius 3 is 2.13 bits per heavy atom. The third-order valence-electron chi connectivity index (χ3n) is 7.75. The molecule has 3 heterocycles. The summed E-state index contributed by atoms with van der Waals surface area (Å²) in [6.45, 7) is 4.66. The lowest BCUT2D eigenvalue weighted by atomic mass is 10.0. The van der Waals surface area contributed by atoms with E-state index < -0.39 is 8.07 Å². The molecule has 3 aromatic carbocycles. The predicted molar refractivity (Wildman–Crippen MR) is 163 cm³/mol. The molecule has 188 valence electrons. The van der Waals surface area contributed by atoms with E-state index in [0.717, 1.165) is 33.9 Å². The molecule has 3 nitrogen and oxygen atoms in total. The maximum atomic E-state index is 5.44. The average molecular weight is 512 g/mol. The van der Waals surface area contributed by atoms with Crippen molar-refractivity contribution in [1.82, 2.24) is 9.97 Å². The summed E-state index contributed by atoms with van der Waals surface area (Å²) in [6, 6.07) is 39.2. The van der Waals surface area contributed by atoms with Gasteiger partial charge in [0.15, 0.2) is 0 Å². The number of nitrogens with one attached hydrogen (secondary N) is 1. The van der Waals surface area contributed by atoms with Gasteiger partial charge in [0.2, 0.25) is 0 Å². The number of fused-ring (bicyclic) bond motifs is 3. The zero-order valence-corrected chi connectivity index (χ0v) is 23.1. The van der Waals surface area contributed by atoms with Gasteiger partial charge in [0.25, 0.3) is 0 Å². The number of nitrogens with zero attached hydrogens (tertiary/aromatic N) is 2. The Balaban J connectivity index is 1.52. The third kappa shape index (κ3) is 4.25. The minimum Gasteiger partial charge on any atom is -0.355 e. The van der Waals surface area contributed by atoms with Crippen molar-refractivity contribution >= 4 is 29.8 Å². The molecule has 5 aromatic rings. The number of benzene rings is 3. The van der Waals surface area contributed by atoms with Gasteiger partial charge in [-0.1, -0.05) is 87.4 Å². The van der Waals surface area contributed by atoms with Gasteiger partial charge in [0.05, 0.1) is 17.1 Å². The van der Waals surface area contributed by atoms with Crippen LogP contribution in [0.25, 0.3) is 33.8 Å². The second kappa shape index (κ2) is 10.4. The fourth-order valence-corrected chi connectivity index (χ4v) is 11.7. The summed E-state index contributed by atoms with van der Waals surface area (Å²) in [5.74, 6) is 0. The van der Waals surface area contributed by atoms with Crippen LogP contribution in [0.1, 0.15) is 26.7 Å². The molecule has 0 saturated carbocycles. The van der Waals surface area contributed by atoms with E-state index in [4.69, 9.17) is 4.98 Å². The summed E-state index contributed by atoms with van der Waals surface area (Å²) in [6.07, 6.45) is 4.23. The summed E-state index contributed by atoms with van der Waals surface area (Å²) in [5, 5.41) is 6.78. The van der Waals surface area contributed by atoms with E-state index in [1.54, 1.807) is 5.19 Å². The van der Waals surface area contributed by atoms with E-state index in [2.05, 4.69) is 115 Å². The van der Waals surface area contributed by atoms with Gasteiger partial charge in [-0.2, -0.15) is 0 Å². The first-order valence-electron chi connectivity index (χ1n) is 13.7. The Hall–Kier alpha value is -4.02. The molecule has 1 N–H and O–H groups in total. The Kier molecular flexibility index (Phi) is 6.65. The van der Waals surface area contributed by atoms with Crippen LogP contribution in [-0.4, -0.2) is 18.0 Å². The number of anilines is 2. The Labute approximate surface area is 226 Å². The van der Waals surface area contributed by atoms with Crippen LogP contribution >= 0.6 is 0 Å². The van der Waals surface area contributed by atoms with Gasteiger partial charge in [0.1, 0.15) is 8.07 Å². The minimum atomic E-state index is -1.92. The normalized spacial score (nSPS) is 13.1. The highest BCUT2D eigenvalue weighted by Gasteiger charge is 2.45. The van der Waals surface area contributed by atoms with Gasteiger partial charge in [0, 0.05) is 34.3 Å².